The van der Waals surface area contributed by atoms with E-state index in [-0.39, 0.29) is 30.3 Å². The molecule has 2 rings (SSSR count). The molecular weight excluding hydrogens is 384 g/mol. The molecule has 1 amide bonds. The highest BCUT2D eigenvalue weighted by atomic mass is 32.2. The predicted octanol–water partition coefficient (Wildman–Crippen LogP) is 2.00. The fourth-order valence-electron chi connectivity index (χ4n) is 2.82. The number of hydrogen-bond acceptors (Lipinski definition) is 5. The maximum Gasteiger partial charge on any atom is 0.307 e. The molecule has 28 heavy (non-hydrogen) atoms. The van der Waals surface area contributed by atoms with Crippen molar-refractivity contribution < 1.29 is 27.9 Å². The average molecular weight is 406 g/mol. The van der Waals surface area contributed by atoms with E-state index in [0.29, 0.717) is 16.7 Å². The summed E-state index contributed by atoms with van der Waals surface area (Å²) in [6, 6.07) is 10.3. The number of hydrogen-bond donors (Lipinski definition) is 3. The van der Waals surface area contributed by atoms with E-state index in [0.717, 1.165) is 11.8 Å². The fraction of sp³-hybridized carbons (Fsp3) is 0.263. The Hall–Kier alpha value is -3.07. The summed E-state index contributed by atoms with van der Waals surface area (Å²) in [5.41, 5.74) is 2.54. The maximum atomic E-state index is 11.8. The zero-order valence-corrected chi connectivity index (χ0v) is 16.6. The molecule has 0 atom stereocenters. The lowest BCUT2D eigenvalue weighted by atomic mass is 9.95. The van der Waals surface area contributed by atoms with Gasteiger partial charge < -0.3 is 15.2 Å². The van der Waals surface area contributed by atoms with E-state index in [1.807, 2.05) is 12.1 Å². The van der Waals surface area contributed by atoms with E-state index < -0.39 is 16.0 Å². The van der Waals surface area contributed by atoms with Crippen LogP contribution < -0.4 is 14.8 Å². The molecule has 0 heterocycles. The summed E-state index contributed by atoms with van der Waals surface area (Å²) in [5, 5.41) is 11.9. The van der Waals surface area contributed by atoms with Gasteiger partial charge >= 0.3 is 5.97 Å². The van der Waals surface area contributed by atoms with Gasteiger partial charge in [-0.2, -0.15) is 0 Å². The molecule has 0 aromatic heterocycles. The van der Waals surface area contributed by atoms with Crippen LogP contribution in [-0.4, -0.2) is 38.8 Å². The Bertz CT molecular complexity index is 1000. The second kappa shape index (κ2) is 8.75. The third kappa shape index (κ3) is 5.71. The molecule has 0 aliphatic heterocycles. The number of methoxy groups -OCH3 is 1. The fourth-order valence-corrected chi connectivity index (χ4v) is 3.37. The Morgan fingerprint density at radius 3 is 2.39 bits per heavy atom. The monoisotopic (exact) mass is 406 g/mol. The molecule has 0 saturated carbocycles. The van der Waals surface area contributed by atoms with Crippen molar-refractivity contribution in [1.29, 1.82) is 0 Å². The van der Waals surface area contributed by atoms with Gasteiger partial charge in [0.2, 0.25) is 15.9 Å². The number of carboxylic acids is 1. The van der Waals surface area contributed by atoms with Crippen LogP contribution in [0.5, 0.6) is 5.75 Å². The molecule has 0 aliphatic carbocycles. The summed E-state index contributed by atoms with van der Waals surface area (Å²) >= 11 is 0. The van der Waals surface area contributed by atoms with Crippen LogP contribution >= 0.6 is 0 Å². The summed E-state index contributed by atoms with van der Waals surface area (Å²) < 4.78 is 31.4. The number of aliphatic carboxylic acids is 1. The van der Waals surface area contributed by atoms with Crippen LogP contribution in [0.15, 0.2) is 36.4 Å². The van der Waals surface area contributed by atoms with Gasteiger partial charge in [-0.3, -0.25) is 14.3 Å². The van der Waals surface area contributed by atoms with E-state index in [9.17, 15) is 18.0 Å². The summed E-state index contributed by atoms with van der Waals surface area (Å²) in [4.78, 5) is 22.5. The van der Waals surface area contributed by atoms with Gasteiger partial charge in [0.05, 0.1) is 25.5 Å². The SMILES string of the molecule is COc1c(NS(C)(=O)=O)cc(CC(=O)O)cc1-c1ccccc1CNC(C)=O. The standard InChI is InChI=1S/C19H22N2O6S/c1-12(22)20-11-14-6-4-5-7-15(14)16-8-13(10-18(23)24)9-17(19(16)27-2)21-28(3,25)26/h4-9,21H,10-11H2,1-3H3,(H,20,22)(H,23,24). The largest absolute Gasteiger partial charge is 0.494 e. The topological polar surface area (TPSA) is 122 Å². The number of anilines is 1. The molecule has 2 aromatic carbocycles. The minimum absolute atomic E-state index is 0.146. The van der Waals surface area contributed by atoms with E-state index in [4.69, 9.17) is 9.84 Å². The van der Waals surface area contributed by atoms with Crippen molar-refractivity contribution in [1.82, 2.24) is 5.32 Å². The van der Waals surface area contributed by atoms with Gasteiger partial charge in [0.25, 0.3) is 0 Å². The van der Waals surface area contributed by atoms with Crippen LogP contribution in [0.1, 0.15) is 18.1 Å². The van der Waals surface area contributed by atoms with Gasteiger partial charge in [-0.25, -0.2) is 8.42 Å². The number of amides is 1. The minimum Gasteiger partial charge on any atom is -0.494 e. The van der Waals surface area contributed by atoms with Crippen LogP contribution in [-0.2, 0) is 32.6 Å². The number of carbonyl (C=O) groups is 2. The van der Waals surface area contributed by atoms with Gasteiger partial charge in [-0.1, -0.05) is 24.3 Å². The molecule has 0 bridgehead atoms. The number of benzene rings is 2. The number of rotatable bonds is 8. The first kappa shape index (κ1) is 21.2. The minimum atomic E-state index is -3.62. The van der Waals surface area contributed by atoms with Crippen molar-refractivity contribution in [2.24, 2.45) is 0 Å². The third-order valence-electron chi connectivity index (χ3n) is 3.84. The number of carboxylic acid groups (broad SMARTS) is 1. The summed E-state index contributed by atoms with van der Waals surface area (Å²) in [5.74, 6) is -0.983. The Balaban J connectivity index is 2.69. The first-order valence-electron chi connectivity index (χ1n) is 8.34. The van der Waals surface area contributed by atoms with Crippen LogP contribution in [0.25, 0.3) is 11.1 Å². The summed E-state index contributed by atoms with van der Waals surface area (Å²) in [6.07, 6.45) is 0.712. The van der Waals surface area contributed by atoms with Crippen molar-refractivity contribution >= 4 is 27.6 Å². The zero-order valence-electron chi connectivity index (χ0n) is 15.8. The first-order valence-corrected chi connectivity index (χ1v) is 10.2. The Kier molecular flexibility index (Phi) is 6.63. The van der Waals surface area contributed by atoms with Gasteiger partial charge in [0, 0.05) is 19.0 Å². The molecule has 0 unspecified atom stereocenters. The van der Waals surface area contributed by atoms with Crippen molar-refractivity contribution in [2.45, 2.75) is 19.9 Å². The molecule has 0 aliphatic rings. The lowest BCUT2D eigenvalue weighted by molar-refractivity contribution is -0.136. The highest BCUT2D eigenvalue weighted by molar-refractivity contribution is 7.92. The van der Waals surface area contributed by atoms with Crippen LogP contribution in [0.3, 0.4) is 0 Å². The van der Waals surface area contributed by atoms with Crippen LogP contribution in [0.2, 0.25) is 0 Å². The number of ether oxygens (including phenoxy) is 1. The highest BCUT2D eigenvalue weighted by Crippen LogP contribution is 2.40. The number of sulfonamides is 1. The van der Waals surface area contributed by atoms with Gasteiger partial charge in [-0.05, 0) is 28.8 Å². The van der Waals surface area contributed by atoms with Gasteiger partial charge in [0.15, 0.2) is 5.75 Å². The van der Waals surface area contributed by atoms with E-state index in [1.165, 1.54) is 20.1 Å². The van der Waals surface area contributed by atoms with E-state index >= 15 is 0 Å². The zero-order chi connectivity index (χ0) is 20.9. The number of nitrogens with one attached hydrogen (secondary N) is 2. The molecule has 0 radical (unpaired) electrons. The highest BCUT2D eigenvalue weighted by Gasteiger charge is 2.19. The molecule has 9 heteroatoms. The van der Waals surface area contributed by atoms with Gasteiger partial charge in [0.1, 0.15) is 0 Å². The van der Waals surface area contributed by atoms with Crippen molar-refractivity contribution in [3.05, 3.63) is 47.5 Å². The predicted molar refractivity (Wildman–Crippen MR) is 106 cm³/mol. The molecule has 0 spiro atoms. The molecule has 2 aromatic rings. The number of carbonyl (C=O) groups excluding carboxylic acids is 1. The van der Waals surface area contributed by atoms with Crippen LogP contribution in [0.4, 0.5) is 5.69 Å². The Labute approximate surface area is 163 Å². The van der Waals surface area contributed by atoms with Crippen LogP contribution in [0, 0.1) is 0 Å². The van der Waals surface area contributed by atoms with Crippen molar-refractivity contribution in [2.75, 3.05) is 18.1 Å². The summed E-state index contributed by atoms with van der Waals surface area (Å²) in [6.45, 7) is 1.66. The smallest absolute Gasteiger partial charge is 0.307 e. The average Bonchev–Trinajstić information content (AvgIpc) is 2.58. The van der Waals surface area contributed by atoms with E-state index in [1.54, 1.807) is 18.2 Å². The maximum absolute atomic E-state index is 11.8. The molecule has 8 nitrogen and oxygen atoms in total. The third-order valence-corrected chi connectivity index (χ3v) is 4.43. The second-order valence-corrected chi connectivity index (χ2v) is 7.98. The first-order chi connectivity index (χ1) is 13.1. The summed E-state index contributed by atoms with van der Waals surface area (Å²) in [7, 11) is -2.22. The van der Waals surface area contributed by atoms with Crippen molar-refractivity contribution in [3.8, 4) is 16.9 Å². The van der Waals surface area contributed by atoms with Crippen molar-refractivity contribution in [3.63, 3.8) is 0 Å². The Morgan fingerprint density at radius 2 is 1.82 bits per heavy atom. The lowest BCUT2D eigenvalue weighted by Gasteiger charge is -2.18. The lowest BCUT2D eigenvalue weighted by Crippen LogP contribution is -2.19. The van der Waals surface area contributed by atoms with E-state index in [2.05, 4.69) is 10.0 Å². The molecule has 3 N–H and O–H groups in total. The van der Waals surface area contributed by atoms with Gasteiger partial charge in [-0.15, -0.1) is 0 Å². The quantitative estimate of drug-likeness (QED) is 0.616. The molecule has 0 fully saturated rings. The second-order valence-electron chi connectivity index (χ2n) is 6.24. The molecular formula is C19H22N2O6S. The Morgan fingerprint density at radius 1 is 1.14 bits per heavy atom. The molecule has 150 valence electrons. The molecule has 0 saturated heterocycles. The normalized spacial score (nSPS) is 11.0.